The number of hydrogen-bond acceptors (Lipinski definition) is 2. The van der Waals surface area contributed by atoms with Gasteiger partial charge in [-0.1, -0.05) is 23.7 Å². The van der Waals surface area contributed by atoms with Crippen molar-refractivity contribution in [1.82, 2.24) is 15.5 Å². The van der Waals surface area contributed by atoms with E-state index in [0.29, 0.717) is 37.9 Å². The summed E-state index contributed by atoms with van der Waals surface area (Å²) in [5.41, 5.74) is 1.20. The van der Waals surface area contributed by atoms with Crippen molar-refractivity contribution >= 4 is 41.5 Å². The molecule has 152 valence electrons. The van der Waals surface area contributed by atoms with Crippen molar-refractivity contribution in [2.75, 3.05) is 26.2 Å². The van der Waals surface area contributed by atoms with Crippen LogP contribution in [0.1, 0.15) is 31.2 Å². The molecule has 2 fully saturated rings. The maximum absolute atomic E-state index is 12.5. The molecule has 0 bridgehead atoms. The third-order valence-electron chi connectivity index (χ3n) is 4.72. The van der Waals surface area contributed by atoms with Crippen LogP contribution in [-0.2, 0) is 0 Å². The van der Waals surface area contributed by atoms with Crippen LogP contribution >= 0.6 is 35.6 Å². The molecule has 1 heterocycles. The molecule has 0 aromatic heterocycles. The second-order valence-corrected chi connectivity index (χ2v) is 7.39. The molecular formula is C18H25ClF3IN4. The number of nitrogens with one attached hydrogen (secondary N) is 2. The van der Waals surface area contributed by atoms with E-state index >= 15 is 0 Å². The van der Waals surface area contributed by atoms with Gasteiger partial charge in [0.15, 0.2) is 5.96 Å². The van der Waals surface area contributed by atoms with E-state index in [4.69, 9.17) is 11.6 Å². The first-order valence-electron chi connectivity index (χ1n) is 8.96. The number of likely N-dealkylation sites (tertiary alicyclic amines) is 1. The number of nitrogens with zero attached hydrogens (tertiary/aromatic N) is 2. The number of aliphatic imine (C=N–C) groups is 1. The van der Waals surface area contributed by atoms with Crippen LogP contribution in [0.5, 0.6) is 0 Å². The molecular weight excluding hydrogens is 492 g/mol. The van der Waals surface area contributed by atoms with Crippen LogP contribution in [0.2, 0.25) is 5.02 Å². The monoisotopic (exact) mass is 516 g/mol. The number of guanidine groups is 1. The Morgan fingerprint density at radius 3 is 2.78 bits per heavy atom. The number of hydrogen-bond donors (Lipinski definition) is 2. The Bertz CT molecular complexity index is 656. The van der Waals surface area contributed by atoms with E-state index in [1.165, 1.54) is 10.5 Å². The van der Waals surface area contributed by atoms with Crippen molar-refractivity contribution in [2.24, 2.45) is 4.99 Å². The molecule has 2 aliphatic rings. The smallest absolute Gasteiger partial charge is 0.353 e. The van der Waals surface area contributed by atoms with E-state index in [2.05, 4.69) is 21.7 Å². The highest BCUT2D eigenvalue weighted by molar-refractivity contribution is 14.0. The Kier molecular flexibility index (Phi) is 8.05. The standard InChI is InChI=1S/C18H24ClF3N4.HI/c1-2-23-17(24-14-6-7-26(10-14)11-18(20,21)22)25-16-9-15(16)12-4-3-5-13(19)8-12;/h3-5,8,14-16H,2,6-7,9-11H2,1H3,(H2,23,24,25);1H. The van der Waals surface area contributed by atoms with Crippen LogP contribution < -0.4 is 10.6 Å². The molecule has 27 heavy (non-hydrogen) atoms. The van der Waals surface area contributed by atoms with Crippen LogP contribution in [0.25, 0.3) is 0 Å². The van der Waals surface area contributed by atoms with Crippen LogP contribution in [0, 0.1) is 0 Å². The number of rotatable bonds is 5. The summed E-state index contributed by atoms with van der Waals surface area (Å²) < 4.78 is 37.6. The highest BCUT2D eigenvalue weighted by Crippen LogP contribution is 2.41. The number of halogens is 5. The van der Waals surface area contributed by atoms with Crippen molar-refractivity contribution in [2.45, 2.75) is 43.9 Å². The van der Waals surface area contributed by atoms with Crippen molar-refractivity contribution in [3.8, 4) is 0 Å². The highest BCUT2D eigenvalue weighted by atomic mass is 127. The van der Waals surface area contributed by atoms with Crippen molar-refractivity contribution in [3.05, 3.63) is 34.9 Å². The first-order chi connectivity index (χ1) is 12.3. The minimum atomic E-state index is -4.15. The maximum Gasteiger partial charge on any atom is 0.401 e. The van der Waals surface area contributed by atoms with Gasteiger partial charge < -0.3 is 10.6 Å². The molecule has 0 spiro atoms. The summed E-state index contributed by atoms with van der Waals surface area (Å²) in [6.07, 6.45) is -2.47. The summed E-state index contributed by atoms with van der Waals surface area (Å²) in [7, 11) is 0. The van der Waals surface area contributed by atoms with Gasteiger partial charge in [-0.05, 0) is 37.5 Å². The van der Waals surface area contributed by atoms with Crippen LogP contribution in [-0.4, -0.2) is 55.3 Å². The largest absolute Gasteiger partial charge is 0.401 e. The topological polar surface area (TPSA) is 39.7 Å². The summed E-state index contributed by atoms with van der Waals surface area (Å²) in [6, 6.07) is 8.10. The molecule has 4 nitrogen and oxygen atoms in total. The first-order valence-corrected chi connectivity index (χ1v) is 9.34. The fraction of sp³-hybridized carbons (Fsp3) is 0.611. The predicted molar refractivity (Wildman–Crippen MR) is 113 cm³/mol. The summed E-state index contributed by atoms with van der Waals surface area (Å²) in [4.78, 5) is 5.88. The molecule has 1 aliphatic heterocycles. The van der Waals surface area contributed by atoms with Gasteiger partial charge in [0, 0.05) is 42.7 Å². The van der Waals surface area contributed by atoms with Crippen LogP contribution in [0.4, 0.5) is 13.2 Å². The highest BCUT2D eigenvalue weighted by Gasteiger charge is 2.40. The Hall–Kier alpha value is -0.740. The second kappa shape index (κ2) is 9.65. The Labute approximate surface area is 179 Å². The van der Waals surface area contributed by atoms with Gasteiger partial charge >= 0.3 is 6.18 Å². The molecule has 1 saturated carbocycles. The first kappa shape index (κ1) is 22.5. The lowest BCUT2D eigenvalue weighted by Crippen LogP contribution is -2.46. The van der Waals surface area contributed by atoms with Gasteiger partial charge in [-0.2, -0.15) is 13.2 Å². The minimum absolute atomic E-state index is 0. The third kappa shape index (κ3) is 6.98. The molecule has 3 unspecified atom stereocenters. The Balaban J connectivity index is 0.00000261. The molecule has 0 amide bonds. The summed E-state index contributed by atoms with van der Waals surface area (Å²) in [5.74, 6) is 1.07. The zero-order valence-electron chi connectivity index (χ0n) is 15.1. The average molecular weight is 517 g/mol. The summed E-state index contributed by atoms with van der Waals surface area (Å²) in [5, 5.41) is 7.42. The molecule has 3 atom stereocenters. The van der Waals surface area contributed by atoms with Gasteiger partial charge in [0.25, 0.3) is 0 Å². The minimum Gasteiger partial charge on any atom is -0.353 e. The molecule has 0 radical (unpaired) electrons. The van der Waals surface area contributed by atoms with Gasteiger partial charge in [-0.25, -0.2) is 0 Å². The summed E-state index contributed by atoms with van der Waals surface area (Å²) >= 11 is 6.05. The third-order valence-corrected chi connectivity index (χ3v) is 4.96. The maximum atomic E-state index is 12.5. The Morgan fingerprint density at radius 2 is 2.11 bits per heavy atom. The normalized spacial score (nSPS) is 25.8. The van der Waals surface area contributed by atoms with Crippen LogP contribution in [0.15, 0.2) is 29.3 Å². The van der Waals surface area contributed by atoms with E-state index in [1.807, 2.05) is 25.1 Å². The van der Waals surface area contributed by atoms with Gasteiger partial charge in [0.2, 0.25) is 0 Å². The fourth-order valence-electron chi connectivity index (χ4n) is 3.47. The zero-order chi connectivity index (χ0) is 18.7. The van der Waals surface area contributed by atoms with E-state index in [-0.39, 0.29) is 36.1 Å². The van der Waals surface area contributed by atoms with Gasteiger partial charge in [0.05, 0.1) is 6.54 Å². The quantitative estimate of drug-likeness (QED) is 0.353. The van der Waals surface area contributed by atoms with Gasteiger partial charge in [-0.3, -0.25) is 9.89 Å². The molecule has 1 aromatic carbocycles. The second-order valence-electron chi connectivity index (χ2n) is 6.95. The molecule has 1 saturated heterocycles. The molecule has 2 N–H and O–H groups in total. The molecule has 9 heteroatoms. The van der Waals surface area contributed by atoms with Crippen LogP contribution in [0.3, 0.4) is 0 Å². The zero-order valence-corrected chi connectivity index (χ0v) is 18.2. The Morgan fingerprint density at radius 1 is 1.33 bits per heavy atom. The molecule has 1 aliphatic carbocycles. The molecule has 1 aromatic rings. The van der Waals surface area contributed by atoms with E-state index in [1.54, 1.807) is 0 Å². The lowest BCUT2D eigenvalue weighted by atomic mass is 10.1. The van der Waals surface area contributed by atoms with Crippen molar-refractivity contribution in [1.29, 1.82) is 0 Å². The summed E-state index contributed by atoms with van der Waals surface area (Å²) in [6.45, 7) is 2.54. The van der Waals surface area contributed by atoms with E-state index in [9.17, 15) is 13.2 Å². The SMILES string of the molecule is CCN=C(NC1CCN(CC(F)(F)F)C1)NC1CC1c1cccc(Cl)c1.I. The van der Waals surface area contributed by atoms with E-state index < -0.39 is 12.7 Å². The average Bonchev–Trinajstić information content (AvgIpc) is 3.18. The van der Waals surface area contributed by atoms with Crippen molar-refractivity contribution in [3.63, 3.8) is 0 Å². The number of benzene rings is 1. The number of alkyl halides is 3. The van der Waals surface area contributed by atoms with Gasteiger partial charge in [0.1, 0.15) is 0 Å². The molecule has 3 rings (SSSR count). The lowest BCUT2D eigenvalue weighted by molar-refractivity contribution is -0.143. The lowest BCUT2D eigenvalue weighted by Gasteiger charge is -2.20. The van der Waals surface area contributed by atoms with E-state index in [0.717, 1.165) is 11.4 Å². The van der Waals surface area contributed by atoms with Crippen molar-refractivity contribution < 1.29 is 13.2 Å². The fourth-order valence-corrected chi connectivity index (χ4v) is 3.67. The van der Waals surface area contributed by atoms with Gasteiger partial charge in [-0.15, -0.1) is 24.0 Å². The predicted octanol–water partition coefficient (Wildman–Crippen LogP) is 4.01.